The van der Waals surface area contributed by atoms with Crippen LogP contribution in [0.25, 0.3) is 0 Å². The number of oxime groups is 1. The average molecular weight is 433 g/mol. The number of nitrogens with zero attached hydrogens (tertiary/aromatic N) is 1. The van der Waals surface area contributed by atoms with E-state index < -0.39 is 40.6 Å². The third kappa shape index (κ3) is 4.63. The van der Waals surface area contributed by atoms with Crippen molar-refractivity contribution in [2.75, 3.05) is 0 Å². The van der Waals surface area contributed by atoms with Crippen LogP contribution in [0.5, 0.6) is 0 Å². The lowest BCUT2D eigenvalue weighted by atomic mass is 9.86. The minimum Gasteiger partial charge on any atom is -0.312 e. The molecule has 1 atom stereocenters. The van der Waals surface area contributed by atoms with E-state index in [0.29, 0.717) is 5.56 Å². The van der Waals surface area contributed by atoms with Gasteiger partial charge in [0, 0.05) is 11.8 Å². The molecule has 3 nitrogen and oxygen atoms in total. The van der Waals surface area contributed by atoms with Gasteiger partial charge in [-0.05, 0) is 5.56 Å². The van der Waals surface area contributed by atoms with Crippen molar-refractivity contribution < 1.29 is 31.6 Å². The molecule has 160 valence electrons. The Morgan fingerprint density at radius 1 is 0.839 bits per heavy atom. The Bertz CT molecular complexity index is 1060. The van der Waals surface area contributed by atoms with Crippen LogP contribution in [0.3, 0.4) is 0 Å². The summed E-state index contributed by atoms with van der Waals surface area (Å²) < 4.78 is 67.8. The molecule has 0 bridgehead atoms. The topological polar surface area (TPSA) is 38.7 Å². The summed E-state index contributed by atoms with van der Waals surface area (Å²) in [4.78, 5) is 16.8. The molecular weight excluding hydrogens is 417 g/mol. The molecule has 3 rings (SSSR count). The van der Waals surface area contributed by atoms with Gasteiger partial charge in [-0.1, -0.05) is 78.9 Å². The van der Waals surface area contributed by atoms with Gasteiger partial charge < -0.3 is 4.84 Å². The van der Waals surface area contributed by atoms with Gasteiger partial charge in [-0.2, -0.15) is 0 Å². The van der Waals surface area contributed by atoms with E-state index in [9.17, 15) is 26.7 Å². The van der Waals surface area contributed by atoms with Crippen molar-refractivity contribution in [3.8, 4) is 0 Å². The van der Waals surface area contributed by atoms with Crippen molar-refractivity contribution in [3.05, 3.63) is 107 Å². The minimum atomic E-state index is -2.37. The number of carbonyl (C=O) groups is 1. The van der Waals surface area contributed by atoms with E-state index >= 15 is 0 Å². The summed E-state index contributed by atoms with van der Waals surface area (Å²) in [6.45, 7) is 1.79. The maximum atomic E-state index is 13.9. The summed E-state index contributed by atoms with van der Waals surface area (Å²) in [6, 6.07) is 8.55. The molecule has 0 saturated heterocycles. The van der Waals surface area contributed by atoms with Crippen LogP contribution in [-0.2, 0) is 4.84 Å². The normalized spacial score (nSPS) is 15.1. The first kappa shape index (κ1) is 22.1. The Morgan fingerprint density at radius 2 is 1.35 bits per heavy atom. The molecule has 8 heteroatoms. The fourth-order valence-corrected chi connectivity index (χ4v) is 3.02. The van der Waals surface area contributed by atoms with Crippen LogP contribution in [0.2, 0.25) is 0 Å². The van der Waals surface area contributed by atoms with Crippen molar-refractivity contribution in [2.45, 2.75) is 6.92 Å². The molecule has 0 aromatic heterocycles. The summed E-state index contributed by atoms with van der Waals surface area (Å²) in [5.41, 5.74) is -0.906. The van der Waals surface area contributed by atoms with Gasteiger partial charge in [0.15, 0.2) is 23.3 Å². The maximum Gasteiger partial charge on any atom is 0.371 e. The second kappa shape index (κ2) is 9.51. The fourth-order valence-electron chi connectivity index (χ4n) is 3.02. The molecule has 0 heterocycles. The van der Waals surface area contributed by atoms with Crippen LogP contribution >= 0.6 is 0 Å². The van der Waals surface area contributed by atoms with E-state index in [-0.39, 0.29) is 17.5 Å². The van der Waals surface area contributed by atoms with Crippen LogP contribution in [0.1, 0.15) is 22.8 Å². The van der Waals surface area contributed by atoms with Crippen LogP contribution in [0.4, 0.5) is 22.0 Å². The number of benzene rings is 2. The molecule has 2 aromatic rings. The molecule has 0 saturated carbocycles. The molecule has 0 spiro atoms. The molecule has 0 fully saturated rings. The zero-order valence-corrected chi connectivity index (χ0v) is 16.2. The number of rotatable bonds is 5. The second-order valence-corrected chi connectivity index (χ2v) is 6.69. The highest BCUT2D eigenvalue weighted by atomic mass is 19.2. The first-order valence-electron chi connectivity index (χ1n) is 9.20. The summed E-state index contributed by atoms with van der Waals surface area (Å²) >= 11 is 0. The lowest BCUT2D eigenvalue weighted by molar-refractivity contribution is 0.0499. The molecule has 0 aliphatic heterocycles. The van der Waals surface area contributed by atoms with Crippen molar-refractivity contribution >= 4 is 11.7 Å². The Morgan fingerprint density at radius 3 is 1.90 bits per heavy atom. The monoisotopic (exact) mass is 433 g/mol. The molecule has 2 aromatic carbocycles. The molecule has 0 radical (unpaired) electrons. The quantitative estimate of drug-likeness (QED) is 0.148. The zero-order chi connectivity index (χ0) is 22.5. The van der Waals surface area contributed by atoms with Crippen LogP contribution < -0.4 is 0 Å². The van der Waals surface area contributed by atoms with E-state index in [4.69, 9.17) is 0 Å². The molecule has 1 aliphatic carbocycles. The van der Waals surface area contributed by atoms with Crippen LogP contribution in [0, 0.1) is 40.9 Å². The minimum absolute atomic E-state index is 0.165. The number of carbonyl (C=O) groups excluding carboxylic acids is 1. The van der Waals surface area contributed by atoms with E-state index in [1.807, 2.05) is 36.5 Å². The van der Waals surface area contributed by atoms with E-state index in [1.54, 1.807) is 37.3 Å². The lowest BCUT2D eigenvalue weighted by Gasteiger charge is -2.19. The van der Waals surface area contributed by atoms with Gasteiger partial charge in [0.25, 0.3) is 0 Å². The van der Waals surface area contributed by atoms with Gasteiger partial charge in [0.1, 0.15) is 5.56 Å². The number of halogens is 5. The molecule has 0 N–H and O–H groups in total. The lowest BCUT2D eigenvalue weighted by Crippen LogP contribution is -2.21. The van der Waals surface area contributed by atoms with Crippen molar-refractivity contribution in [1.82, 2.24) is 0 Å². The molecule has 0 amide bonds. The smallest absolute Gasteiger partial charge is 0.312 e. The van der Waals surface area contributed by atoms with Crippen molar-refractivity contribution in [3.63, 3.8) is 0 Å². The molecule has 1 aliphatic rings. The van der Waals surface area contributed by atoms with Gasteiger partial charge in [0.05, 0.1) is 5.71 Å². The Kier molecular flexibility index (Phi) is 6.79. The van der Waals surface area contributed by atoms with E-state index in [2.05, 4.69) is 9.99 Å². The Labute approximate surface area is 174 Å². The first-order valence-corrected chi connectivity index (χ1v) is 9.20. The molecular formula is C23H16F5NO2. The van der Waals surface area contributed by atoms with Gasteiger partial charge in [-0.25, -0.2) is 26.7 Å². The highest BCUT2D eigenvalue weighted by molar-refractivity contribution is 6.02. The highest BCUT2D eigenvalue weighted by Gasteiger charge is 2.31. The Hall–Kier alpha value is -3.55. The zero-order valence-electron chi connectivity index (χ0n) is 16.2. The summed E-state index contributed by atoms with van der Waals surface area (Å²) in [5, 5.41) is 3.75. The van der Waals surface area contributed by atoms with Crippen molar-refractivity contribution in [2.24, 2.45) is 17.0 Å². The predicted octanol–water partition coefficient (Wildman–Crippen LogP) is 5.88. The summed E-state index contributed by atoms with van der Waals surface area (Å²) in [5.74, 6) is -13.8. The second-order valence-electron chi connectivity index (χ2n) is 6.69. The third-order valence-electron chi connectivity index (χ3n) is 4.72. The van der Waals surface area contributed by atoms with Gasteiger partial charge in [0.2, 0.25) is 5.82 Å². The van der Waals surface area contributed by atoms with E-state index in [0.717, 1.165) is 0 Å². The number of hydrogen-bond donors (Lipinski definition) is 0. The van der Waals surface area contributed by atoms with Gasteiger partial charge in [-0.15, -0.1) is 0 Å². The molecule has 1 unspecified atom stereocenters. The maximum absolute atomic E-state index is 13.9. The predicted molar refractivity (Wildman–Crippen MR) is 105 cm³/mol. The molecule has 31 heavy (non-hydrogen) atoms. The van der Waals surface area contributed by atoms with Crippen LogP contribution in [0.15, 0.2) is 71.9 Å². The first-order chi connectivity index (χ1) is 14.8. The average Bonchev–Trinajstić information content (AvgIpc) is 3.07. The van der Waals surface area contributed by atoms with E-state index in [1.165, 1.54) is 0 Å². The summed E-state index contributed by atoms with van der Waals surface area (Å²) in [6.07, 6.45) is 11.1. The standard InChI is InChI=1S/C23H16F5NO2/c1-13(14-9-5-2-3-6-10-14)22(15-11-7-4-8-12-15)29-31-23(30)16-17(24)19(26)21(28)20(27)18(16)25/h2-14H,1H3/b29-22-. The van der Waals surface area contributed by atoms with Gasteiger partial charge >= 0.3 is 5.97 Å². The summed E-state index contributed by atoms with van der Waals surface area (Å²) in [7, 11) is 0. The Balaban J connectivity index is 1.98. The number of allylic oxidation sites excluding steroid dienone is 6. The fraction of sp³-hybridized carbons (Fsp3) is 0.130. The SMILES string of the molecule is CC(/C(=N/OC(=O)c1c(F)c(F)c(F)c(F)c1F)c1ccccc1)C1C=CC=CC=C1. The van der Waals surface area contributed by atoms with Gasteiger partial charge in [-0.3, -0.25) is 0 Å². The third-order valence-corrected chi connectivity index (χ3v) is 4.72. The van der Waals surface area contributed by atoms with Crippen molar-refractivity contribution in [1.29, 1.82) is 0 Å². The van der Waals surface area contributed by atoms with Crippen LogP contribution in [-0.4, -0.2) is 11.7 Å². The highest BCUT2D eigenvalue weighted by Crippen LogP contribution is 2.25. The number of hydrogen-bond acceptors (Lipinski definition) is 3. The largest absolute Gasteiger partial charge is 0.371 e.